The van der Waals surface area contributed by atoms with Crippen LogP contribution in [0.15, 0.2) is 48.5 Å². The summed E-state index contributed by atoms with van der Waals surface area (Å²) in [6, 6.07) is 14.7. The summed E-state index contributed by atoms with van der Waals surface area (Å²) < 4.78 is 30.3. The Morgan fingerprint density at radius 1 is 0.711 bits per heavy atom. The van der Waals surface area contributed by atoms with E-state index >= 15 is 0 Å². The van der Waals surface area contributed by atoms with Gasteiger partial charge in [-0.25, -0.2) is 9.10 Å². The van der Waals surface area contributed by atoms with Crippen LogP contribution < -0.4 is 4.31 Å². The molecule has 0 fully saturated rings. The number of carbonyl (C=O) groups is 1. The van der Waals surface area contributed by atoms with Crippen LogP contribution in [0.5, 0.6) is 0 Å². The third-order valence-corrected chi connectivity index (χ3v) is 8.74. The number of nitrogens with zero attached hydrogens (tertiary/aromatic N) is 2. The number of hydrogen-bond donors (Lipinski definition) is 1. The molecule has 6 nitrogen and oxygen atoms in total. The van der Waals surface area contributed by atoms with Crippen molar-refractivity contribution in [3.05, 3.63) is 59.7 Å². The van der Waals surface area contributed by atoms with Crippen molar-refractivity contribution in [2.45, 2.75) is 111 Å². The Balaban J connectivity index is 2.30. The zero-order chi connectivity index (χ0) is 28.1. The van der Waals surface area contributed by atoms with E-state index in [9.17, 15) is 18.3 Å². The molecule has 0 aliphatic carbocycles. The van der Waals surface area contributed by atoms with Crippen molar-refractivity contribution >= 4 is 27.7 Å². The number of carboxylic acid groups (broad SMARTS) is 1. The van der Waals surface area contributed by atoms with Gasteiger partial charge in [0.1, 0.15) is 0 Å². The van der Waals surface area contributed by atoms with E-state index in [2.05, 4.69) is 6.92 Å². The van der Waals surface area contributed by atoms with E-state index in [0.29, 0.717) is 22.1 Å². The molecule has 0 aromatic heterocycles. The fourth-order valence-corrected chi connectivity index (χ4v) is 6.43. The second-order valence-electron chi connectivity index (χ2n) is 10.7. The minimum absolute atomic E-state index is 0.0513. The summed E-state index contributed by atoms with van der Waals surface area (Å²) in [7, 11) is -4.42. The summed E-state index contributed by atoms with van der Waals surface area (Å²) in [5.41, 5.74) is 2.67. The van der Waals surface area contributed by atoms with Crippen molar-refractivity contribution in [1.29, 1.82) is 0 Å². The van der Waals surface area contributed by atoms with E-state index in [4.69, 9.17) is 0 Å². The minimum Gasteiger partial charge on any atom is -0.464 e. The predicted molar refractivity (Wildman–Crippen MR) is 159 cm³/mol. The number of unbranched alkanes of at least 4 members (excludes halogenated alkanes) is 9. The molecule has 2 aromatic rings. The van der Waals surface area contributed by atoms with Crippen LogP contribution in [0.3, 0.4) is 0 Å². The fourth-order valence-electron chi connectivity index (χ4n) is 4.85. The van der Waals surface area contributed by atoms with Gasteiger partial charge in [-0.1, -0.05) is 129 Å². The molecule has 0 radical (unpaired) electrons. The van der Waals surface area contributed by atoms with Crippen LogP contribution in [0, 0.1) is 0 Å². The summed E-state index contributed by atoms with van der Waals surface area (Å²) in [6.45, 7) is 10.2. The third kappa shape index (κ3) is 8.75. The maximum absolute atomic E-state index is 14.2. The highest BCUT2D eigenvalue weighted by atomic mass is 32.2. The van der Waals surface area contributed by atoms with Crippen LogP contribution in [0.4, 0.5) is 16.2 Å². The second kappa shape index (κ2) is 15.8. The molecule has 2 aromatic carbocycles. The largest absolute Gasteiger partial charge is 0.464 e. The molecule has 0 bridgehead atoms. The maximum Gasteiger partial charge on any atom is 0.422 e. The van der Waals surface area contributed by atoms with Crippen molar-refractivity contribution in [3.8, 4) is 0 Å². The molecule has 0 atom stereocenters. The van der Waals surface area contributed by atoms with Gasteiger partial charge in [0.05, 0.1) is 11.4 Å². The average molecular weight is 545 g/mol. The highest BCUT2D eigenvalue weighted by Gasteiger charge is 2.37. The standard InChI is InChI=1S/C31H48N2O4S/c1-6-7-8-9-10-11-12-13-14-19-24-32(31(34)35)38(36,37)33(29-22-17-15-20-27(29)25(2)3)30-23-18-16-21-28(30)26(4)5/h15-18,20-23,25-26H,6-14,19,24H2,1-5H3,(H,34,35). The molecule has 0 aliphatic rings. The van der Waals surface area contributed by atoms with Crippen LogP contribution in [-0.4, -0.2) is 30.5 Å². The van der Waals surface area contributed by atoms with Crippen LogP contribution >= 0.6 is 0 Å². The Labute approximate surface area is 231 Å². The molecule has 2 rings (SSSR count). The molecule has 7 heteroatoms. The van der Waals surface area contributed by atoms with Gasteiger partial charge in [-0.05, 0) is 41.5 Å². The monoisotopic (exact) mass is 544 g/mol. The minimum atomic E-state index is -4.42. The topological polar surface area (TPSA) is 77.9 Å². The number of rotatable bonds is 17. The maximum atomic E-state index is 14.2. The molecule has 0 aliphatic heterocycles. The van der Waals surface area contributed by atoms with E-state index in [1.807, 2.05) is 52.0 Å². The van der Waals surface area contributed by atoms with Crippen molar-refractivity contribution in [2.75, 3.05) is 10.8 Å². The molecular weight excluding hydrogens is 496 g/mol. The number of para-hydroxylation sites is 2. The smallest absolute Gasteiger partial charge is 0.422 e. The number of benzene rings is 2. The first-order chi connectivity index (χ1) is 18.1. The van der Waals surface area contributed by atoms with Gasteiger partial charge in [0, 0.05) is 6.54 Å². The van der Waals surface area contributed by atoms with E-state index in [1.165, 1.54) is 42.8 Å². The number of anilines is 2. The summed E-state index contributed by atoms with van der Waals surface area (Å²) in [5, 5.41) is 10.1. The van der Waals surface area contributed by atoms with Crippen LogP contribution in [0.2, 0.25) is 0 Å². The molecule has 1 N–H and O–H groups in total. The van der Waals surface area contributed by atoms with Gasteiger partial charge in [0.2, 0.25) is 0 Å². The summed E-state index contributed by atoms with van der Waals surface area (Å²) in [5.74, 6) is 0.103. The van der Waals surface area contributed by atoms with E-state index < -0.39 is 16.3 Å². The Hall–Kier alpha value is -2.54. The molecule has 0 spiro atoms. The number of amides is 1. The van der Waals surface area contributed by atoms with E-state index in [0.717, 1.165) is 30.4 Å². The Bertz CT molecular complexity index is 1050. The average Bonchev–Trinajstić information content (AvgIpc) is 2.87. The van der Waals surface area contributed by atoms with Crippen molar-refractivity contribution in [2.24, 2.45) is 0 Å². The Morgan fingerprint density at radius 2 is 1.11 bits per heavy atom. The zero-order valence-electron chi connectivity index (χ0n) is 24.0. The molecule has 0 heterocycles. The molecule has 38 heavy (non-hydrogen) atoms. The SMILES string of the molecule is CCCCCCCCCCCCN(C(=O)O)S(=O)(=O)N(c1ccccc1C(C)C)c1ccccc1C(C)C. The molecule has 0 saturated carbocycles. The van der Waals surface area contributed by atoms with Crippen molar-refractivity contribution < 1.29 is 18.3 Å². The van der Waals surface area contributed by atoms with Gasteiger partial charge in [-0.2, -0.15) is 12.7 Å². The molecule has 0 unspecified atom stereocenters. The highest BCUT2D eigenvalue weighted by Crippen LogP contribution is 2.39. The molecule has 0 saturated heterocycles. The van der Waals surface area contributed by atoms with Crippen molar-refractivity contribution in [1.82, 2.24) is 4.31 Å². The van der Waals surface area contributed by atoms with Gasteiger partial charge >= 0.3 is 16.3 Å². The van der Waals surface area contributed by atoms with Crippen LogP contribution in [-0.2, 0) is 10.2 Å². The first kappa shape index (κ1) is 31.7. The zero-order valence-corrected chi connectivity index (χ0v) is 24.8. The first-order valence-electron chi connectivity index (χ1n) is 14.4. The highest BCUT2D eigenvalue weighted by molar-refractivity contribution is 7.91. The molecule has 212 valence electrons. The lowest BCUT2D eigenvalue weighted by atomic mass is 9.98. The summed E-state index contributed by atoms with van der Waals surface area (Å²) in [4.78, 5) is 12.4. The lowest BCUT2D eigenvalue weighted by molar-refractivity contribution is 0.171. The van der Waals surface area contributed by atoms with Gasteiger partial charge in [-0.15, -0.1) is 0 Å². The van der Waals surface area contributed by atoms with Gasteiger partial charge < -0.3 is 5.11 Å². The summed E-state index contributed by atoms with van der Waals surface area (Å²) in [6.07, 6.45) is 9.45. The second-order valence-corrected chi connectivity index (χ2v) is 12.4. The predicted octanol–water partition coefficient (Wildman–Crippen LogP) is 9.22. The fraction of sp³-hybridized carbons (Fsp3) is 0.581. The Morgan fingerprint density at radius 3 is 1.50 bits per heavy atom. The van der Waals surface area contributed by atoms with Crippen LogP contribution in [0.25, 0.3) is 0 Å². The van der Waals surface area contributed by atoms with Crippen LogP contribution in [0.1, 0.15) is 122 Å². The third-order valence-electron chi connectivity index (χ3n) is 6.99. The normalized spacial score (nSPS) is 11.8. The van der Waals surface area contributed by atoms with Crippen molar-refractivity contribution in [3.63, 3.8) is 0 Å². The van der Waals surface area contributed by atoms with E-state index in [-0.39, 0.29) is 18.4 Å². The van der Waals surface area contributed by atoms with Gasteiger partial charge in [0.25, 0.3) is 0 Å². The van der Waals surface area contributed by atoms with Gasteiger partial charge in [0.15, 0.2) is 0 Å². The summed E-state index contributed by atoms with van der Waals surface area (Å²) >= 11 is 0. The van der Waals surface area contributed by atoms with E-state index in [1.54, 1.807) is 24.3 Å². The lowest BCUT2D eigenvalue weighted by Gasteiger charge is -2.33. The number of hydrogen-bond acceptors (Lipinski definition) is 3. The van der Waals surface area contributed by atoms with Gasteiger partial charge in [-0.3, -0.25) is 0 Å². The molecule has 1 amide bonds. The Kier molecular flexibility index (Phi) is 13.1. The molecular formula is C31H48N2O4S. The lowest BCUT2D eigenvalue weighted by Crippen LogP contribution is -2.45. The quantitative estimate of drug-likeness (QED) is 0.201. The first-order valence-corrected chi connectivity index (χ1v) is 15.8.